The summed E-state index contributed by atoms with van der Waals surface area (Å²) in [4.78, 5) is 17.2. The monoisotopic (exact) mass is 358 g/mol. The number of amides is 2. The van der Waals surface area contributed by atoms with Crippen molar-refractivity contribution >= 4 is 22.7 Å². The molecule has 10 heteroatoms. The highest BCUT2D eigenvalue weighted by Crippen LogP contribution is 2.32. The van der Waals surface area contributed by atoms with Crippen LogP contribution in [0.1, 0.15) is 24.4 Å². The number of hydrogen-bond donors (Lipinski definition) is 1. The Balaban J connectivity index is 1.76. The quantitative estimate of drug-likeness (QED) is 0.847. The number of carbonyl (C=O) groups is 1. The second kappa shape index (κ2) is 6.27. The molecule has 0 fully saturated rings. The smallest absolute Gasteiger partial charge is 0.452 e. The van der Waals surface area contributed by atoms with Gasteiger partial charge in [0.15, 0.2) is 0 Å². The van der Waals surface area contributed by atoms with Crippen molar-refractivity contribution in [3.63, 3.8) is 0 Å². The minimum absolute atomic E-state index is 0.196. The molecule has 128 valence electrons. The Labute approximate surface area is 139 Å². The maximum absolute atomic E-state index is 12.5. The molecule has 6 nitrogen and oxygen atoms in total. The number of para-hydroxylation sites is 1. The molecule has 0 saturated carbocycles. The molecule has 1 aliphatic heterocycles. The Bertz CT molecular complexity index is 750. The van der Waals surface area contributed by atoms with Crippen LogP contribution in [0.15, 0.2) is 24.3 Å². The summed E-state index contributed by atoms with van der Waals surface area (Å²) < 4.78 is 46.4. The minimum Gasteiger partial charge on any atom is -0.491 e. The van der Waals surface area contributed by atoms with E-state index in [-0.39, 0.29) is 11.2 Å². The van der Waals surface area contributed by atoms with Gasteiger partial charge >= 0.3 is 12.2 Å². The van der Waals surface area contributed by atoms with Crippen LogP contribution in [0.2, 0.25) is 0 Å². The first-order valence-corrected chi connectivity index (χ1v) is 7.84. The van der Waals surface area contributed by atoms with Crippen LogP contribution in [0, 0.1) is 0 Å². The van der Waals surface area contributed by atoms with Gasteiger partial charge in [-0.1, -0.05) is 18.2 Å². The summed E-state index contributed by atoms with van der Waals surface area (Å²) in [6.45, 7) is 2.42. The molecule has 0 aliphatic carbocycles. The number of nitrogens with one attached hydrogen (secondary N) is 1. The fourth-order valence-electron chi connectivity index (χ4n) is 2.40. The summed E-state index contributed by atoms with van der Waals surface area (Å²) in [7, 11) is 0. The van der Waals surface area contributed by atoms with Gasteiger partial charge in [0.25, 0.3) is 0 Å². The van der Waals surface area contributed by atoms with E-state index in [4.69, 9.17) is 4.74 Å². The summed E-state index contributed by atoms with van der Waals surface area (Å²) >= 11 is 0.490. The van der Waals surface area contributed by atoms with Crippen LogP contribution in [0.3, 0.4) is 0 Å². The molecule has 2 aromatic rings. The number of ether oxygens (including phenoxy) is 1. The number of alkyl halides is 3. The van der Waals surface area contributed by atoms with Crippen molar-refractivity contribution in [3.8, 4) is 5.75 Å². The number of rotatable bonds is 1. The number of anilines is 1. The standard InChI is InChI=1S/C14H13F3N4O2S/c1-8-9-4-2-3-5-10(9)23-7-6-21(8)13(22)19-12-18-11(20-24-12)14(15,16)17/h2-5,8H,6-7H2,1H3,(H,18,19,20,22). The van der Waals surface area contributed by atoms with Crippen LogP contribution in [0.5, 0.6) is 5.75 Å². The van der Waals surface area contributed by atoms with Gasteiger partial charge in [-0.25, -0.2) is 4.79 Å². The van der Waals surface area contributed by atoms with Crippen LogP contribution >= 0.6 is 11.5 Å². The molecule has 2 amide bonds. The maximum Gasteiger partial charge on any atom is 0.452 e. The predicted octanol–water partition coefficient (Wildman–Crippen LogP) is 3.54. The second-order valence-electron chi connectivity index (χ2n) is 5.11. The molecule has 1 aromatic heterocycles. The summed E-state index contributed by atoms with van der Waals surface area (Å²) in [5.74, 6) is -0.573. The zero-order chi connectivity index (χ0) is 17.3. The van der Waals surface area contributed by atoms with Crippen LogP contribution in [0.25, 0.3) is 0 Å². The number of nitrogens with zero attached hydrogens (tertiary/aromatic N) is 3. The molecular formula is C14H13F3N4O2S. The van der Waals surface area contributed by atoms with Crippen LogP contribution in [-0.2, 0) is 6.18 Å². The number of fused-ring (bicyclic) bond motifs is 1. The number of benzene rings is 1. The summed E-state index contributed by atoms with van der Waals surface area (Å²) in [5, 5.41) is 2.17. The lowest BCUT2D eigenvalue weighted by Gasteiger charge is -2.26. The normalized spacial score (nSPS) is 17.7. The van der Waals surface area contributed by atoms with E-state index in [9.17, 15) is 18.0 Å². The van der Waals surface area contributed by atoms with E-state index < -0.39 is 18.0 Å². The molecular weight excluding hydrogens is 345 g/mol. The number of halogens is 3. The first-order valence-electron chi connectivity index (χ1n) is 7.06. The van der Waals surface area contributed by atoms with E-state index in [1.54, 1.807) is 0 Å². The first kappa shape index (κ1) is 16.5. The Kier molecular flexibility index (Phi) is 4.31. The van der Waals surface area contributed by atoms with Crippen LogP contribution in [0.4, 0.5) is 23.1 Å². The van der Waals surface area contributed by atoms with E-state index >= 15 is 0 Å². The summed E-state index contributed by atoms with van der Waals surface area (Å²) in [6, 6.07) is 6.49. The maximum atomic E-state index is 12.5. The highest BCUT2D eigenvalue weighted by atomic mass is 32.1. The third kappa shape index (κ3) is 3.28. The molecule has 1 atom stereocenters. The van der Waals surface area contributed by atoms with Gasteiger partial charge < -0.3 is 9.64 Å². The highest BCUT2D eigenvalue weighted by molar-refractivity contribution is 7.09. The second-order valence-corrected chi connectivity index (χ2v) is 5.86. The lowest BCUT2D eigenvalue weighted by atomic mass is 10.1. The van der Waals surface area contributed by atoms with Crippen molar-refractivity contribution in [3.05, 3.63) is 35.7 Å². The van der Waals surface area contributed by atoms with Gasteiger partial charge in [-0.3, -0.25) is 5.32 Å². The highest BCUT2D eigenvalue weighted by Gasteiger charge is 2.36. The molecule has 2 heterocycles. The molecule has 3 rings (SSSR count). The molecule has 1 aliphatic rings. The molecule has 0 bridgehead atoms. The van der Waals surface area contributed by atoms with E-state index in [0.29, 0.717) is 30.4 Å². The van der Waals surface area contributed by atoms with Crippen LogP contribution in [-0.4, -0.2) is 33.4 Å². The van der Waals surface area contributed by atoms with Gasteiger partial charge in [-0.2, -0.15) is 22.5 Å². The van der Waals surface area contributed by atoms with Gasteiger partial charge in [0.05, 0.1) is 12.6 Å². The van der Waals surface area contributed by atoms with Gasteiger partial charge in [-0.05, 0) is 13.0 Å². The van der Waals surface area contributed by atoms with Gasteiger partial charge in [0.2, 0.25) is 11.0 Å². The molecule has 1 N–H and O–H groups in total. The fourth-order valence-corrected chi connectivity index (χ4v) is 2.98. The lowest BCUT2D eigenvalue weighted by molar-refractivity contribution is -0.144. The predicted molar refractivity (Wildman–Crippen MR) is 81.0 cm³/mol. The number of aromatic nitrogens is 2. The average molecular weight is 358 g/mol. The Morgan fingerprint density at radius 1 is 1.42 bits per heavy atom. The van der Waals surface area contributed by atoms with E-state index in [1.807, 2.05) is 31.2 Å². The van der Waals surface area contributed by atoms with Gasteiger partial charge in [0, 0.05) is 17.1 Å². The Morgan fingerprint density at radius 3 is 2.88 bits per heavy atom. The van der Waals surface area contributed by atoms with Crippen molar-refractivity contribution in [2.45, 2.75) is 19.1 Å². The van der Waals surface area contributed by atoms with Crippen molar-refractivity contribution in [1.82, 2.24) is 14.3 Å². The largest absolute Gasteiger partial charge is 0.491 e. The van der Waals surface area contributed by atoms with E-state index in [2.05, 4.69) is 14.7 Å². The van der Waals surface area contributed by atoms with E-state index in [1.165, 1.54) is 4.90 Å². The van der Waals surface area contributed by atoms with Gasteiger partial charge in [-0.15, -0.1) is 0 Å². The third-order valence-electron chi connectivity index (χ3n) is 3.58. The molecule has 0 radical (unpaired) electrons. The zero-order valence-electron chi connectivity index (χ0n) is 12.5. The van der Waals surface area contributed by atoms with Crippen molar-refractivity contribution in [2.75, 3.05) is 18.5 Å². The molecule has 0 saturated heterocycles. The summed E-state index contributed by atoms with van der Waals surface area (Å²) in [6.07, 6.45) is -4.64. The molecule has 1 unspecified atom stereocenters. The van der Waals surface area contributed by atoms with Crippen molar-refractivity contribution in [1.29, 1.82) is 0 Å². The van der Waals surface area contributed by atoms with Crippen molar-refractivity contribution in [2.24, 2.45) is 0 Å². The number of carbonyl (C=O) groups excluding carboxylic acids is 1. The van der Waals surface area contributed by atoms with E-state index in [0.717, 1.165) is 5.56 Å². The number of hydrogen-bond acceptors (Lipinski definition) is 5. The Morgan fingerprint density at radius 2 is 2.17 bits per heavy atom. The minimum atomic E-state index is -4.64. The molecule has 24 heavy (non-hydrogen) atoms. The third-order valence-corrected chi connectivity index (χ3v) is 4.21. The lowest BCUT2D eigenvalue weighted by Crippen LogP contribution is -2.38. The molecule has 0 spiro atoms. The first-order chi connectivity index (χ1) is 11.4. The van der Waals surface area contributed by atoms with Crippen molar-refractivity contribution < 1.29 is 22.7 Å². The zero-order valence-corrected chi connectivity index (χ0v) is 13.3. The Hall–Kier alpha value is -2.36. The van der Waals surface area contributed by atoms with Crippen LogP contribution < -0.4 is 10.1 Å². The fraction of sp³-hybridized carbons (Fsp3) is 0.357. The summed E-state index contributed by atoms with van der Waals surface area (Å²) in [5.41, 5.74) is 0.832. The SMILES string of the molecule is CC1c2ccccc2OCCN1C(=O)Nc1nc(C(F)(F)F)ns1. The average Bonchev–Trinajstić information content (AvgIpc) is 2.93. The topological polar surface area (TPSA) is 67.3 Å². The van der Waals surface area contributed by atoms with Gasteiger partial charge in [0.1, 0.15) is 12.4 Å². The number of urea groups is 1. The molecule has 1 aromatic carbocycles.